The van der Waals surface area contributed by atoms with Gasteiger partial charge in [-0.3, -0.25) is 10.1 Å². The van der Waals surface area contributed by atoms with Crippen molar-refractivity contribution in [3.8, 4) is 0 Å². The van der Waals surface area contributed by atoms with Crippen molar-refractivity contribution in [2.45, 2.75) is 19.0 Å². The molecule has 1 aromatic heterocycles. The second-order valence-corrected chi connectivity index (χ2v) is 3.82. The maximum absolute atomic E-state index is 11.9. The Labute approximate surface area is 105 Å². The molecule has 0 aliphatic rings. The van der Waals surface area contributed by atoms with Crippen LogP contribution < -0.4 is 5.32 Å². The van der Waals surface area contributed by atoms with E-state index in [1.165, 1.54) is 0 Å². The molecule has 0 spiro atoms. The summed E-state index contributed by atoms with van der Waals surface area (Å²) >= 11 is 5.54. The first-order valence-electron chi connectivity index (χ1n) is 4.90. The highest BCUT2D eigenvalue weighted by Crippen LogP contribution is 2.22. The molecule has 1 rings (SSSR count). The van der Waals surface area contributed by atoms with Crippen LogP contribution in [0.2, 0.25) is 5.15 Å². The summed E-state index contributed by atoms with van der Waals surface area (Å²) in [6.07, 6.45) is -5.29. The summed E-state index contributed by atoms with van der Waals surface area (Å²) in [5.41, 5.74) is -0.270. The first-order valence-corrected chi connectivity index (χ1v) is 5.28. The standard InChI is InChI=1S/C9H9ClF3N3O2/c10-7-4-6(16(17)18)5-8(15-7)14-3-1-2-9(11,12)13/h4-5H,1-3H2,(H,14,15). The third-order valence-electron chi connectivity index (χ3n) is 1.93. The monoisotopic (exact) mass is 283 g/mol. The molecule has 0 saturated carbocycles. The molecule has 100 valence electrons. The van der Waals surface area contributed by atoms with Gasteiger partial charge < -0.3 is 5.32 Å². The summed E-state index contributed by atoms with van der Waals surface area (Å²) in [7, 11) is 0. The van der Waals surface area contributed by atoms with Gasteiger partial charge in [0, 0.05) is 13.0 Å². The van der Waals surface area contributed by atoms with Gasteiger partial charge >= 0.3 is 6.18 Å². The van der Waals surface area contributed by atoms with Gasteiger partial charge in [0.2, 0.25) is 0 Å². The maximum Gasteiger partial charge on any atom is 0.389 e. The Morgan fingerprint density at radius 2 is 2.11 bits per heavy atom. The van der Waals surface area contributed by atoms with Gasteiger partial charge in [-0.25, -0.2) is 4.98 Å². The molecule has 0 bridgehead atoms. The van der Waals surface area contributed by atoms with Crippen LogP contribution >= 0.6 is 11.6 Å². The van der Waals surface area contributed by atoms with Crippen molar-refractivity contribution in [3.05, 3.63) is 27.4 Å². The van der Waals surface area contributed by atoms with Gasteiger partial charge in [-0.1, -0.05) is 11.6 Å². The number of hydrogen-bond donors (Lipinski definition) is 1. The Bertz CT molecular complexity index is 440. The lowest BCUT2D eigenvalue weighted by molar-refractivity contribution is -0.384. The normalized spacial score (nSPS) is 11.3. The van der Waals surface area contributed by atoms with E-state index in [2.05, 4.69) is 10.3 Å². The van der Waals surface area contributed by atoms with Gasteiger partial charge in [0.1, 0.15) is 11.0 Å². The summed E-state index contributed by atoms with van der Waals surface area (Å²) in [4.78, 5) is 13.6. The molecule has 0 saturated heterocycles. The zero-order valence-electron chi connectivity index (χ0n) is 9.00. The fourth-order valence-electron chi connectivity index (χ4n) is 1.18. The van der Waals surface area contributed by atoms with Crippen LogP contribution in [0.4, 0.5) is 24.7 Å². The lowest BCUT2D eigenvalue weighted by atomic mass is 10.3. The number of nitrogens with zero attached hydrogens (tertiary/aromatic N) is 2. The molecule has 18 heavy (non-hydrogen) atoms. The molecule has 1 aromatic rings. The van der Waals surface area contributed by atoms with Crippen LogP contribution in [-0.2, 0) is 0 Å². The van der Waals surface area contributed by atoms with Gasteiger partial charge in [-0.2, -0.15) is 13.2 Å². The van der Waals surface area contributed by atoms with Crippen molar-refractivity contribution in [1.82, 2.24) is 4.98 Å². The van der Waals surface area contributed by atoms with Crippen molar-refractivity contribution in [1.29, 1.82) is 0 Å². The maximum atomic E-state index is 11.9. The van der Waals surface area contributed by atoms with E-state index in [0.29, 0.717) is 0 Å². The Hall–Kier alpha value is -1.57. The third kappa shape index (κ3) is 5.17. The van der Waals surface area contributed by atoms with Crippen LogP contribution in [-0.4, -0.2) is 22.6 Å². The minimum absolute atomic E-state index is 0.00397. The number of alkyl halides is 3. The van der Waals surface area contributed by atoms with Crippen LogP contribution in [0.5, 0.6) is 0 Å². The van der Waals surface area contributed by atoms with Crippen LogP contribution in [0.25, 0.3) is 0 Å². The highest BCUT2D eigenvalue weighted by Gasteiger charge is 2.25. The first kappa shape index (κ1) is 14.5. The van der Waals surface area contributed by atoms with Crippen molar-refractivity contribution in [2.24, 2.45) is 0 Å². The summed E-state index contributed by atoms with van der Waals surface area (Å²) < 4.78 is 35.6. The number of aromatic nitrogens is 1. The van der Waals surface area contributed by atoms with E-state index >= 15 is 0 Å². The van der Waals surface area contributed by atoms with Gasteiger partial charge in [0.15, 0.2) is 0 Å². The fraction of sp³-hybridized carbons (Fsp3) is 0.444. The third-order valence-corrected chi connectivity index (χ3v) is 2.13. The quantitative estimate of drug-likeness (QED) is 0.389. The van der Waals surface area contributed by atoms with E-state index in [0.717, 1.165) is 12.1 Å². The number of halogens is 4. The fourth-order valence-corrected chi connectivity index (χ4v) is 1.39. The molecule has 0 fully saturated rings. The van der Waals surface area contributed by atoms with E-state index in [1.54, 1.807) is 0 Å². The molecule has 5 nitrogen and oxygen atoms in total. The number of anilines is 1. The average Bonchev–Trinajstić information content (AvgIpc) is 2.22. The predicted octanol–water partition coefficient (Wildman–Crippen LogP) is 3.40. The second kappa shape index (κ2) is 5.85. The summed E-state index contributed by atoms with van der Waals surface area (Å²) in [5, 5.41) is 13.0. The Morgan fingerprint density at radius 1 is 1.44 bits per heavy atom. The Morgan fingerprint density at radius 3 is 2.67 bits per heavy atom. The van der Waals surface area contributed by atoms with Crippen LogP contribution in [0.15, 0.2) is 12.1 Å². The van der Waals surface area contributed by atoms with Crippen molar-refractivity contribution in [2.75, 3.05) is 11.9 Å². The minimum atomic E-state index is -4.21. The molecule has 0 unspecified atom stereocenters. The molecule has 0 atom stereocenters. The largest absolute Gasteiger partial charge is 0.389 e. The highest BCUT2D eigenvalue weighted by molar-refractivity contribution is 6.29. The van der Waals surface area contributed by atoms with Crippen molar-refractivity contribution >= 4 is 23.1 Å². The Balaban J connectivity index is 2.55. The molecule has 0 aromatic carbocycles. The lowest BCUT2D eigenvalue weighted by Gasteiger charge is -2.07. The van der Waals surface area contributed by atoms with E-state index in [4.69, 9.17) is 11.6 Å². The van der Waals surface area contributed by atoms with E-state index in [9.17, 15) is 23.3 Å². The zero-order valence-corrected chi connectivity index (χ0v) is 9.75. The van der Waals surface area contributed by atoms with Crippen molar-refractivity contribution in [3.63, 3.8) is 0 Å². The molecule has 0 aliphatic carbocycles. The topological polar surface area (TPSA) is 68.1 Å². The number of nitrogens with one attached hydrogen (secondary N) is 1. The predicted molar refractivity (Wildman–Crippen MR) is 59.7 cm³/mol. The smallest absolute Gasteiger partial charge is 0.370 e. The van der Waals surface area contributed by atoms with Gasteiger partial charge in [-0.05, 0) is 6.42 Å². The van der Waals surface area contributed by atoms with Crippen LogP contribution in [0, 0.1) is 10.1 Å². The molecular formula is C9H9ClF3N3O2. The lowest BCUT2D eigenvalue weighted by Crippen LogP contribution is -2.11. The molecule has 0 radical (unpaired) electrons. The number of rotatable bonds is 5. The minimum Gasteiger partial charge on any atom is -0.370 e. The van der Waals surface area contributed by atoms with Crippen LogP contribution in [0.3, 0.4) is 0 Å². The number of nitro groups is 1. The SMILES string of the molecule is O=[N+]([O-])c1cc(Cl)nc(NCCCC(F)(F)F)c1. The molecule has 1 heterocycles. The summed E-state index contributed by atoms with van der Waals surface area (Å²) in [6.45, 7) is 0.00397. The summed E-state index contributed by atoms with van der Waals surface area (Å²) in [6, 6.07) is 2.17. The van der Waals surface area contributed by atoms with Crippen LogP contribution in [0.1, 0.15) is 12.8 Å². The average molecular weight is 284 g/mol. The van der Waals surface area contributed by atoms with Gasteiger partial charge in [-0.15, -0.1) is 0 Å². The molecule has 1 N–H and O–H groups in total. The molecule has 0 aliphatic heterocycles. The molecule has 9 heteroatoms. The highest BCUT2D eigenvalue weighted by atomic mass is 35.5. The summed E-state index contributed by atoms with van der Waals surface area (Å²) in [5.74, 6) is 0.0800. The number of pyridine rings is 1. The van der Waals surface area contributed by atoms with E-state index in [1.807, 2.05) is 0 Å². The zero-order chi connectivity index (χ0) is 13.8. The van der Waals surface area contributed by atoms with Gasteiger partial charge in [0.25, 0.3) is 5.69 Å². The van der Waals surface area contributed by atoms with Crippen molar-refractivity contribution < 1.29 is 18.1 Å². The second-order valence-electron chi connectivity index (χ2n) is 3.44. The van der Waals surface area contributed by atoms with E-state index in [-0.39, 0.29) is 29.6 Å². The molecule has 0 amide bonds. The molecular weight excluding hydrogens is 275 g/mol. The Kier molecular flexibility index (Phi) is 4.71. The van der Waals surface area contributed by atoms with Gasteiger partial charge in [0.05, 0.1) is 17.1 Å². The van der Waals surface area contributed by atoms with E-state index < -0.39 is 17.5 Å². The first-order chi connectivity index (χ1) is 8.28. The number of hydrogen-bond acceptors (Lipinski definition) is 4.